The van der Waals surface area contributed by atoms with Gasteiger partial charge in [0.1, 0.15) is 11.5 Å². The number of aromatic amines is 1. The van der Waals surface area contributed by atoms with Crippen LogP contribution in [0.1, 0.15) is 41.8 Å². The molecule has 7 nitrogen and oxygen atoms in total. The normalized spacial score (nSPS) is 11.2. The summed E-state index contributed by atoms with van der Waals surface area (Å²) >= 11 is 0. The Morgan fingerprint density at radius 1 is 1.28 bits per heavy atom. The Balaban J connectivity index is 1.66. The molecule has 7 heteroatoms. The van der Waals surface area contributed by atoms with Crippen molar-refractivity contribution in [2.45, 2.75) is 33.2 Å². The van der Waals surface area contributed by atoms with Crippen LogP contribution in [0, 0.1) is 6.92 Å². The lowest BCUT2D eigenvalue weighted by atomic mass is 10.1. The van der Waals surface area contributed by atoms with E-state index in [-0.39, 0.29) is 17.2 Å². The standard InChI is InChI=1S/C18H21N5O2/c1-11(2)23-12(3)20-15-10-13(4-6-16(15)23)8-9-19-18(25)14-5-7-17(24)22-21-14/h4-7,10-11H,8-9H2,1-3H3,(H,19,25)(H,22,24). The Morgan fingerprint density at radius 3 is 2.76 bits per heavy atom. The zero-order chi connectivity index (χ0) is 18.0. The molecular formula is C18H21N5O2. The molecular weight excluding hydrogens is 318 g/mol. The van der Waals surface area contributed by atoms with Crippen LogP contribution in [0.25, 0.3) is 11.0 Å². The van der Waals surface area contributed by atoms with Crippen LogP contribution >= 0.6 is 0 Å². The van der Waals surface area contributed by atoms with Crippen molar-refractivity contribution in [1.82, 2.24) is 25.1 Å². The Morgan fingerprint density at radius 2 is 2.08 bits per heavy atom. The van der Waals surface area contributed by atoms with Gasteiger partial charge in [0, 0.05) is 18.7 Å². The maximum absolute atomic E-state index is 12.0. The molecule has 0 fully saturated rings. The molecule has 0 atom stereocenters. The molecule has 0 aliphatic heterocycles. The predicted octanol–water partition coefficient (Wildman–Crippen LogP) is 1.98. The Bertz CT molecular complexity index is 951. The third-order valence-electron chi connectivity index (χ3n) is 4.06. The number of aryl methyl sites for hydroxylation is 1. The molecule has 3 aromatic rings. The summed E-state index contributed by atoms with van der Waals surface area (Å²) in [5.41, 5.74) is 3.06. The van der Waals surface area contributed by atoms with E-state index in [4.69, 9.17) is 0 Å². The topological polar surface area (TPSA) is 92.7 Å². The van der Waals surface area contributed by atoms with E-state index < -0.39 is 0 Å². The number of carbonyl (C=O) groups is 1. The molecule has 1 amide bonds. The van der Waals surface area contributed by atoms with Crippen molar-refractivity contribution in [3.8, 4) is 0 Å². The van der Waals surface area contributed by atoms with Crippen molar-refractivity contribution >= 4 is 16.9 Å². The first kappa shape index (κ1) is 16.9. The van der Waals surface area contributed by atoms with Gasteiger partial charge in [0.05, 0.1) is 11.0 Å². The summed E-state index contributed by atoms with van der Waals surface area (Å²) in [5.74, 6) is 0.692. The molecule has 0 saturated heterocycles. The molecule has 0 radical (unpaired) electrons. The van der Waals surface area contributed by atoms with Crippen molar-refractivity contribution in [1.29, 1.82) is 0 Å². The van der Waals surface area contributed by atoms with E-state index in [1.165, 1.54) is 12.1 Å². The zero-order valence-electron chi connectivity index (χ0n) is 14.5. The lowest BCUT2D eigenvalue weighted by Gasteiger charge is -2.10. The number of rotatable bonds is 5. The van der Waals surface area contributed by atoms with Crippen LogP contribution in [0.2, 0.25) is 0 Å². The van der Waals surface area contributed by atoms with Crippen molar-refractivity contribution in [2.24, 2.45) is 0 Å². The maximum Gasteiger partial charge on any atom is 0.271 e. The molecule has 25 heavy (non-hydrogen) atoms. The minimum absolute atomic E-state index is 0.196. The minimum Gasteiger partial charge on any atom is -0.350 e. The number of nitrogens with zero attached hydrogens (tertiary/aromatic N) is 3. The summed E-state index contributed by atoms with van der Waals surface area (Å²) in [7, 11) is 0. The van der Waals surface area contributed by atoms with Crippen molar-refractivity contribution in [2.75, 3.05) is 6.54 Å². The lowest BCUT2D eigenvalue weighted by molar-refractivity contribution is 0.0948. The fourth-order valence-corrected chi connectivity index (χ4v) is 2.95. The van der Waals surface area contributed by atoms with Gasteiger partial charge in [-0.2, -0.15) is 5.10 Å². The first-order valence-electron chi connectivity index (χ1n) is 8.27. The number of nitrogens with one attached hydrogen (secondary N) is 2. The number of fused-ring (bicyclic) bond motifs is 1. The van der Waals surface area contributed by atoms with Gasteiger partial charge in [-0.25, -0.2) is 10.1 Å². The molecule has 130 valence electrons. The van der Waals surface area contributed by atoms with E-state index in [2.05, 4.69) is 57.1 Å². The van der Waals surface area contributed by atoms with Crippen LogP contribution in [0.5, 0.6) is 0 Å². The molecule has 0 unspecified atom stereocenters. The monoisotopic (exact) mass is 339 g/mol. The molecule has 2 N–H and O–H groups in total. The van der Waals surface area contributed by atoms with Gasteiger partial charge in [-0.1, -0.05) is 6.07 Å². The largest absolute Gasteiger partial charge is 0.350 e. The molecule has 1 aromatic carbocycles. The van der Waals surface area contributed by atoms with Gasteiger partial charge in [-0.3, -0.25) is 9.59 Å². The Kier molecular flexibility index (Phi) is 4.65. The van der Waals surface area contributed by atoms with Crippen molar-refractivity contribution < 1.29 is 4.79 Å². The Labute approximate surface area is 145 Å². The predicted molar refractivity (Wildman–Crippen MR) is 95.7 cm³/mol. The van der Waals surface area contributed by atoms with Crippen LogP contribution in [-0.2, 0) is 6.42 Å². The third kappa shape index (κ3) is 3.60. The quantitative estimate of drug-likeness (QED) is 0.743. The fraction of sp³-hybridized carbons (Fsp3) is 0.333. The van der Waals surface area contributed by atoms with Gasteiger partial charge in [0.2, 0.25) is 0 Å². The smallest absolute Gasteiger partial charge is 0.271 e. The first-order chi connectivity index (χ1) is 12.0. The number of aromatic nitrogens is 4. The summed E-state index contributed by atoms with van der Waals surface area (Å²) < 4.78 is 2.21. The van der Waals surface area contributed by atoms with Crippen LogP contribution in [0.4, 0.5) is 0 Å². The molecule has 0 spiro atoms. The molecule has 0 aliphatic rings. The summed E-state index contributed by atoms with van der Waals surface area (Å²) in [5, 5.41) is 8.76. The SMILES string of the molecule is Cc1nc2cc(CCNC(=O)c3ccc(=O)[nH]n3)ccc2n1C(C)C. The average Bonchev–Trinajstić information content (AvgIpc) is 2.90. The summed E-state index contributed by atoms with van der Waals surface area (Å²) in [4.78, 5) is 27.6. The van der Waals surface area contributed by atoms with Gasteiger partial charge in [-0.05, 0) is 51.0 Å². The maximum atomic E-state index is 12.0. The first-order valence-corrected chi connectivity index (χ1v) is 8.27. The van der Waals surface area contributed by atoms with Crippen LogP contribution in [0.3, 0.4) is 0 Å². The molecule has 0 saturated carbocycles. The van der Waals surface area contributed by atoms with Crippen LogP contribution < -0.4 is 10.9 Å². The second-order valence-corrected chi connectivity index (χ2v) is 6.26. The number of amides is 1. The van der Waals surface area contributed by atoms with E-state index in [0.717, 1.165) is 22.4 Å². The number of H-pyrrole nitrogens is 1. The highest BCUT2D eigenvalue weighted by molar-refractivity contribution is 5.91. The number of benzene rings is 1. The van der Waals surface area contributed by atoms with Crippen LogP contribution in [-0.4, -0.2) is 32.2 Å². The second kappa shape index (κ2) is 6.88. The number of hydrogen-bond donors (Lipinski definition) is 2. The Hall–Kier alpha value is -2.96. The van der Waals surface area contributed by atoms with E-state index in [0.29, 0.717) is 19.0 Å². The summed E-state index contributed by atoms with van der Waals surface area (Å²) in [6.07, 6.45) is 0.693. The summed E-state index contributed by atoms with van der Waals surface area (Å²) in [6, 6.07) is 9.25. The van der Waals surface area contributed by atoms with Gasteiger partial charge in [-0.15, -0.1) is 0 Å². The van der Waals surface area contributed by atoms with E-state index >= 15 is 0 Å². The highest BCUT2D eigenvalue weighted by Crippen LogP contribution is 2.21. The highest BCUT2D eigenvalue weighted by Gasteiger charge is 2.11. The van der Waals surface area contributed by atoms with E-state index in [1.54, 1.807) is 0 Å². The molecule has 0 bridgehead atoms. The van der Waals surface area contributed by atoms with Gasteiger partial charge in [0.15, 0.2) is 0 Å². The van der Waals surface area contributed by atoms with Crippen LogP contribution in [0.15, 0.2) is 35.1 Å². The molecule has 0 aliphatic carbocycles. The van der Waals surface area contributed by atoms with Crippen molar-refractivity contribution in [3.05, 3.63) is 57.8 Å². The third-order valence-corrected chi connectivity index (χ3v) is 4.06. The van der Waals surface area contributed by atoms with Crippen molar-refractivity contribution in [3.63, 3.8) is 0 Å². The number of imidazole rings is 1. The fourth-order valence-electron chi connectivity index (χ4n) is 2.95. The lowest BCUT2D eigenvalue weighted by Crippen LogP contribution is -2.27. The highest BCUT2D eigenvalue weighted by atomic mass is 16.2. The molecule has 3 rings (SSSR count). The van der Waals surface area contributed by atoms with Gasteiger partial charge in [0.25, 0.3) is 11.5 Å². The van der Waals surface area contributed by atoms with Gasteiger partial charge >= 0.3 is 0 Å². The zero-order valence-corrected chi connectivity index (χ0v) is 14.5. The number of hydrogen-bond acceptors (Lipinski definition) is 4. The summed E-state index contributed by atoms with van der Waals surface area (Å²) in [6.45, 7) is 6.77. The minimum atomic E-state index is -0.332. The number of carbonyl (C=O) groups excluding carboxylic acids is 1. The van der Waals surface area contributed by atoms with E-state index in [9.17, 15) is 9.59 Å². The molecule has 2 aromatic heterocycles. The average molecular weight is 339 g/mol. The molecule has 2 heterocycles. The van der Waals surface area contributed by atoms with E-state index in [1.807, 2.05) is 6.92 Å². The second-order valence-electron chi connectivity index (χ2n) is 6.26. The van der Waals surface area contributed by atoms with Gasteiger partial charge < -0.3 is 9.88 Å².